The number of phenols is 1. The second-order valence-electron chi connectivity index (χ2n) is 5.67. The van der Waals surface area contributed by atoms with Crippen molar-refractivity contribution >= 4 is 13.6 Å². The molecule has 0 spiro atoms. The predicted octanol–water partition coefficient (Wildman–Crippen LogP) is 1.56. The third kappa shape index (κ3) is 5.16. The molecule has 2 rings (SSSR count). The first-order valence-electron chi connectivity index (χ1n) is 8.11. The number of carboxylic acids is 1. The number of nitrogens with one attached hydrogen (secondary N) is 1. The van der Waals surface area contributed by atoms with Crippen molar-refractivity contribution in [1.29, 1.82) is 0 Å². The van der Waals surface area contributed by atoms with Gasteiger partial charge in [0.15, 0.2) is 0 Å². The molecular formula is C18H21NO6P-. The van der Waals surface area contributed by atoms with Gasteiger partial charge < -0.3 is 24.4 Å². The lowest BCUT2D eigenvalue weighted by Crippen LogP contribution is -2.48. The molecule has 0 radical (unpaired) electrons. The zero-order chi connectivity index (χ0) is 19.2. The normalized spacial score (nSPS) is 15.8. The van der Waals surface area contributed by atoms with E-state index in [-0.39, 0.29) is 24.3 Å². The van der Waals surface area contributed by atoms with Gasteiger partial charge in [-0.3, -0.25) is 9.88 Å². The van der Waals surface area contributed by atoms with E-state index < -0.39 is 25.4 Å². The molecule has 0 bridgehead atoms. The van der Waals surface area contributed by atoms with Gasteiger partial charge in [0.05, 0.1) is 18.6 Å². The molecule has 140 valence electrons. The van der Waals surface area contributed by atoms with Gasteiger partial charge in [-0.05, 0) is 25.0 Å². The Morgan fingerprint density at radius 1 is 1.19 bits per heavy atom. The van der Waals surface area contributed by atoms with Crippen LogP contribution in [0.1, 0.15) is 23.8 Å². The lowest BCUT2D eigenvalue weighted by atomic mass is 10.1. The summed E-state index contributed by atoms with van der Waals surface area (Å²) in [5.41, 5.74) is 0.792. The average molecular weight is 378 g/mol. The van der Waals surface area contributed by atoms with E-state index in [0.717, 1.165) is 5.56 Å². The van der Waals surface area contributed by atoms with Crippen LogP contribution in [0.5, 0.6) is 5.75 Å². The maximum atomic E-state index is 12.6. The first-order valence-corrected chi connectivity index (χ1v) is 9.75. The Kier molecular flexibility index (Phi) is 6.94. The number of aliphatic carboxylic acids is 1. The van der Waals surface area contributed by atoms with Gasteiger partial charge in [-0.2, -0.15) is 0 Å². The van der Waals surface area contributed by atoms with Gasteiger partial charge in [0.1, 0.15) is 11.5 Å². The molecule has 3 atom stereocenters. The summed E-state index contributed by atoms with van der Waals surface area (Å²) < 4.78 is 17.6. The number of phenolic OH excluding ortho intramolecular Hbond substituents is 1. The van der Waals surface area contributed by atoms with E-state index in [1.54, 1.807) is 49.4 Å². The SMILES string of the molecule is CCOP(=O)(O)C(N[C@@H](Cc1ccccc1)C(=O)[O-])c1ccccc1O. The zero-order valence-corrected chi connectivity index (χ0v) is 15.1. The summed E-state index contributed by atoms with van der Waals surface area (Å²) in [6.45, 7) is 1.50. The molecule has 7 nitrogen and oxygen atoms in total. The van der Waals surface area contributed by atoms with Gasteiger partial charge >= 0.3 is 7.60 Å². The number of aromatic hydroxyl groups is 1. The van der Waals surface area contributed by atoms with E-state index in [1.165, 1.54) is 12.1 Å². The van der Waals surface area contributed by atoms with Gasteiger partial charge in [-0.1, -0.05) is 48.5 Å². The van der Waals surface area contributed by atoms with Crippen LogP contribution in [0, 0.1) is 0 Å². The Morgan fingerprint density at radius 2 is 1.81 bits per heavy atom. The van der Waals surface area contributed by atoms with Gasteiger partial charge in [-0.15, -0.1) is 0 Å². The molecule has 2 aromatic rings. The average Bonchev–Trinajstić information content (AvgIpc) is 2.60. The van der Waals surface area contributed by atoms with Gasteiger partial charge in [0.25, 0.3) is 0 Å². The smallest absolute Gasteiger partial charge is 0.349 e. The van der Waals surface area contributed by atoms with E-state index in [0.29, 0.717) is 0 Å². The Morgan fingerprint density at radius 3 is 2.38 bits per heavy atom. The first-order chi connectivity index (χ1) is 12.3. The zero-order valence-electron chi connectivity index (χ0n) is 14.2. The van der Waals surface area contributed by atoms with Gasteiger partial charge in [-0.25, -0.2) is 0 Å². The molecule has 0 aliphatic carbocycles. The Balaban J connectivity index is 2.36. The number of carbonyl (C=O) groups is 1. The third-order valence-corrected chi connectivity index (χ3v) is 5.51. The minimum absolute atomic E-state index is 0.0411. The second-order valence-corrected chi connectivity index (χ2v) is 7.57. The fourth-order valence-electron chi connectivity index (χ4n) is 2.59. The molecular weight excluding hydrogens is 357 g/mol. The van der Waals surface area contributed by atoms with Crippen LogP contribution in [0.2, 0.25) is 0 Å². The Bertz CT molecular complexity index is 782. The summed E-state index contributed by atoms with van der Waals surface area (Å²) in [5.74, 6) is -3.09. The highest BCUT2D eigenvalue weighted by Gasteiger charge is 2.37. The molecule has 0 aromatic heterocycles. The van der Waals surface area contributed by atoms with Gasteiger partial charge in [0, 0.05) is 5.56 Å². The van der Waals surface area contributed by atoms with Crippen LogP contribution in [-0.2, 0) is 20.3 Å². The van der Waals surface area contributed by atoms with E-state index >= 15 is 0 Å². The summed E-state index contributed by atoms with van der Waals surface area (Å²) in [4.78, 5) is 21.9. The molecule has 2 aromatic carbocycles. The molecule has 3 N–H and O–H groups in total. The summed E-state index contributed by atoms with van der Waals surface area (Å²) in [6.07, 6.45) is 0.0411. The highest BCUT2D eigenvalue weighted by molar-refractivity contribution is 7.53. The molecule has 26 heavy (non-hydrogen) atoms. The number of rotatable bonds is 9. The molecule has 0 saturated heterocycles. The highest BCUT2D eigenvalue weighted by atomic mass is 31.2. The van der Waals surface area contributed by atoms with Crippen LogP contribution in [-0.4, -0.2) is 28.6 Å². The lowest BCUT2D eigenvalue weighted by Gasteiger charge is -2.29. The molecule has 0 aliphatic heterocycles. The number of carboxylic acid groups (broad SMARTS) is 1. The van der Waals surface area contributed by atoms with Crippen molar-refractivity contribution < 1.29 is 29.0 Å². The van der Waals surface area contributed by atoms with Crippen molar-refractivity contribution in [2.75, 3.05) is 6.61 Å². The number of hydrogen-bond donors (Lipinski definition) is 3. The van der Waals surface area contributed by atoms with E-state index in [1.807, 2.05) is 0 Å². The summed E-state index contributed by atoms with van der Waals surface area (Å²) in [6, 6.07) is 13.5. The van der Waals surface area contributed by atoms with Crippen LogP contribution in [0.4, 0.5) is 0 Å². The van der Waals surface area contributed by atoms with Crippen LogP contribution >= 0.6 is 7.60 Å². The molecule has 2 unspecified atom stereocenters. The predicted molar refractivity (Wildman–Crippen MR) is 94.4 cm³/mol. The molecule has 0 heterocycles. The fraction of sp³-hybridized carbons (Fsp3) is 0.278. The third-order valence-electron chi connectivity index (χ3n) is 3.80. The monoisotopic (exact) mass is 378 g/mol. The van der Waals surface area contributed by atoms with E-state index in [2.05, 4.69) is 5.32 Å². The molecule has 8 heteroatoms. The molecule has 0 amide bonds. The van der Waals surface area contributed by atoms with Crippen LogP contribution < -0.4 is 10.4 Å². The van der Waals surface area contributed by atoms with Crippen LogP contribution in [0.15, 0.2) is 54.6 Å². The minimum Gasteiger partial charge on any atom is -0.548 e. The highest BCUT2D eigenvalue weighted by Crippen LogP contribution is 2.56. The fourth-order valence-corrected chi connectivity index (χ4v) is 4.05. The van der Waals surface area contributed by atoms with Gasteiger partial charge in [0.2, 0.25) is 0 Å². The summed E-state index contributed by atoms with van der Waals surface area (Å²) >= 11 is 0. The van der Waals surface area contributed by atoms with E-state index in [4.69, 9.17) is 4.52 Å². The van der Waals surface area contributed by atoms with Crippen molar-refractivity contribution in [3.63, 3.8) is 0 Å². The number of carbonyl (C=O) groups excluding carboxylic acids is 1. The topological polar surface area (TPSA) is 119 Å². The Labute approximate surface area is 151 Å². The Hall–Kier alpha value is -2.18. The van der Waals surface area contributed by atoms with Crippen molar-refractivity contribution in [3.8, 4) is 5.75 Å². The quantitative estimate of drug-likeness (QED) is 0.567. The molecule has 0 saturated carbocycles. The van der Waals surface area contributed by atoms with Crippen molar-refractivity contribution in [3.05, 3.63) is 65.7 Å². The minimum atomic E-state index is -4.31. The maximum Gasteiger partial charge on any atom is 0.349 e. The van der Waals surface area contributed by atoms with Crippen LogP contribution in [0.25, 0.3) is 0 Å². The lowest BCUT2D eigenvalue weighted by molar-refractivity contribution is -0.308. The molecule has 0 fully saturated rings. The second kappa shape index (κ2) is 8.96. The largest absolute Gasteiger partial charge is 0.548 e. The van der Waals surface area contributed by atoms with Crippen LogP contribution in [0.3, 0.4) is 0 Å². The van der Waals surface area contributed by atoms with E-state index in [9.17, 15) is 24.5 Å². The van der Waals surface area contributed by atoms with Crippen molar-refractivity contribution in [2.24, 2.45) is 0 Å². The first kappa shape index (κ1) is 20.1. The number of para-hydroxylation sites is 1. The standard InChI is InChI=1S/C18H22NO6P/c1-2-25-26(23,24)17(14-10-6-7-11-16(14)20)19-15(18(21)22)12-13-8-4-3-5-9-13/h3-11,15,17,19-20H,2,12H2,1H3,(H,21,22)(H,23,24)/p-1/t15-,17?/m0/s1. The number of hydrogen-bond acceptors (Lipinski definition) is 6. The van der Waals surface area contributed by atoms with Crippen molar-refractivity contribution in [1.82, 2.24) is 5.32 Å². The summed E-state index contributed by atoms with van der Waals surface area (Å²) in [5, 5.41) is 24.3. The summed E-state index contributed by atoms with van der Waals surface area (Å²) in [7, 11) is -4.31. The number of benzene rings is 2. The maximum absolute atomic E-state index is 12.6. The molecule has 0 aliphatic rings. The van der Waals surface area contributed by atoms with Crippen molar-refractivity contribution in [2.45, 2.75) is 25.2 Å².